The first-order chi connectivity index (χ1) is 8.75. The third-order valence-electron chi connectivity index (χ3n) is 3.94. The fraction of sp³-hybridized carbons (Fsp3) is 0.500. The normalized spacial score (nSPS) is 19.3. The van der Waals surface area contributed by atoms with Gasteiger partial charge in [-0.2, -0.15) is 0 Å². The summed E-state index contributed by atoms with van der Waals surface area (Å²) in [5.41, 5.74) is 6.89. The van der Waals surface area contributed by atoms with Gasteiger partial charge in [0.2, 0.25) is 0 Å². The molecule has 1 saturated heterocycles. The van der Waals surface area contributed by atoms with Crippen molar-refractivity contribution in [2.75, 3.05) is 18.0 Å². The number of piperidine rings is 1. The highest BCUT2D eigenvalue weighted by Gasteiger charge is 2.23. The Hall–Kier alpha value is -1.55. The van der Waals surface area contributed by atoms with Gasteiger partial charge in [-0.1, -0.05) is 0 Å². The van der Waals surface area contributed by atoms with E-state index in [2.05, 4.69) is 16.8 Å². The van der Waals surface area contributed by atoms with Crippen molar-refractivity contribution in [3.05, 3.63) is 24.6 Å². The molecule has 2 N–H and O–H groups in total. The van der Waals surface area contributed by atoms with Gasteiger partial charge in [0.1, 0.15) is 11.4 Å². The predicted octanol–water partition coefficient (Wildman–Crippen LogP) is 2.39. The van der Waals surface area contributed by atoms with Gasteiger partial charge in [-0.25, -0.2) is 4.98 Å². The summed E-state index contributed by atoms with van der Waals surface area (Å²) >= 11 is 0. The first kappa shape index (κ1) is 11.5. The minimum absolute atomic E-state index is 0.296. The van der Waals surface area contributed by atoms with Crippen LogP contribution in [0.15, 0.2) is 29.0 Å². The first-order valence-corrected chi connectivity index (χ1v) is 6.58. The molecular weight excluding hydrogens is 226 g/mol. The molecule has 0 saturated carbocycles. The number of hydrogen-bond donors (Lipinski definition) is 1. The predicted molar refractivity (Wildman–Crippen MR) is 72.6 cm³/mol. The zero-order valence-corrected chi connectivity index (χ0v) is 10.7. The average Bonchev–Trinajstić information content (AvgIpc) is 2.87. The second kappa shape index (κ2) is 4.61. The Morgan fingerprint density at radius 3 is 2.89 bits per heavy atom. The highest BCUT2D eigenvalue weighted by atomic mass is 16.3. The van der Waals surface area contributed by atoms with Gasteiger partial charge in [0.15, 0.2) is 0 Å². The van der Waals surface area contributed by atoms with Crippen molar-refractivity contribution in [1.29, 1.82) is 0 Å². The second-order valence-corrected chi connectivity index (χ2v) is 5.15. The first-order valence-electron chi connectivity index (χ1n) is 6.58. The van der Waals surface area contributed by atoms with Crippen molar-refractivity contribution < 1.29 is 4.42 Å². The molecule has 2 aromatic heterocycles. The van der Waals surface area contributed by atoms with Crippen molar-refractivity contribution in [3.63, 3.8) is 0 Å². The summed E-state index contributed by atoms with van der Waals surface area (Å²) in [6.45, 7) is 4.17. The maximum atomic E-state index is 5.98. The monoisotopic (exact) mass is 245 g/mol. The molecule has 1 fully saturated rings. The molecule has 2 aromatic rings. The quantitative estimate of drug-likeness (QED) is 0.882. The third-order valence-corrected chi connectivity index (χ3v) is 3.94. The SMILES string of the molecule is CC(N)C1CCN(c2nccc3occc23)CC1. The molecule has 1 aliphatic rings. The van der Waals surface area contributed by atoms with Crippen LogP contribution in [0, 0.1) is 5.92 Å². The van der Waals surface area contributed by atoms with Crippen molar-refractivity contribution in [1.82, 2.24) is 4.98 Å². The van der Waals surface area contributed by atoms with E-state index in [1.807, 2.05) is 18.3 Å². The van der Waals surface area contributed by atoms with Gasteiger partial charge >= 0.3 is 0 Å². The van der Waals surface area contributed by atoms with Crippen LogP contribution < -0.4 is 10.6 Å². The summed E-state index contributed by atoms with van der Waals surface area (Å²) in [7, 11) is 0. The van der Waals surface area contributed by atoms with E-state index < -0.39 is 0 Å². The van der Waals surface area contributed by atoms with Crippen LogP contribution in [0.3, 0.4) is 0 Å². The number of anilines is 1. The molecule has 3 heterocycles. The maximum Gasteiger partial charge on any atom is 0.139 e. The lowest BCUT2D eigenvalue weighted by molar-refractivity contribution is 0.354. The lowest BCUT2D eigenvalue weighted by Gasteiger charge is -2.34. The molecule has 0 spiro atoms. The third kappa shape index (κ3) is 1.97. The Bertz CT molecular complexity index is 527. The van der Waals surface area contributed by atoms with E-state index in [9.17, 15) is 0 Å². The summed E-state index contributed by atoms with van der Waals surface area (Å²) in [5, 5.41) is 1.11. The Labute approximate surface area is 107 Å². The van der Waals surface area contributed by atoms with Crippen LogP contribution in [0.1, 0.15) is 19.8 Å². The van der Waals surface area contributed by atoms with Gasteiger partial charge in [-0.3, -0.25) is 0 Å². The number of aromatic nitrogens is 1. The number of fused-ring (bicyclic) bond motifs is 1. The molecule has 96 valence electrons. The Morgan fingerprint density at radius 2 is 2.17 bits per heavy atom. The van der Waals surface area contributed by atoms with E-state index in [0.717, 1.165) is 42.7 Å². The molecule has 18 heavy (non-hydrogen) atoms. The summed E-state index contributed by atoms with van der Waals surface area (Å²) in [6, 6.07) is 4.20. The summed E-state index contributed by atoms with van der Waals surface area (Å²) in [6.07, 6.45) is 5.84. The minimum Gasteiger partial charge on any atom is -0.464 e. The lowest BCUT2D eigenvalue weighted by Crippen LogP contribution is -2.40. The molecule has 1 aliphatic heterocycles. The summed E-state index contributed by atoms with van der Waals surface area (Å²) in [5.74, 6) is 1.69. The molecular formula is C14H19N3O. The van der Waals surface area contributed by atoms with Crippen LogP contribution in [0.4, 0.5) is 5.82 Å². The van der Waals surface area contributed by atoms with Gasteiger partial charge in [0.05, 0.1) is 11.6 Å². The largest absolute Gasteiger partial charge is 0.464 e. The molecule has 1 atom stereocenters. The molecule has 0 bridgehead atoms. The van der Waals surface area contributed by atoms with E-state index in [0.29, 0.717) is 12.0 Å². The van der Waals surface area contributed by atoms with E-state index >= 15 is 0 Å². The van der Waals surface area contributed by atoms with Crippen LogP contribution in [0.25, 0.3) is 11.0 Å². The standard InChI is InChI=1S/C14H19N3O/c1-10(15)11-3-7-17(8-4-11)14-12-5-9-18-13(12)2-6-16-14/h2,5-6,9-11H,3-4,7-8,15H2,1H3. The maximum absolute atomic E-state index is 5.98. The smallest absolute Gasteiger partial charge is 0.139 e. The molecule has 3 rings (SSSR count). The summed E-state index contributed by atoms with van der Waals surface area (Å²) < 4.78 is 5.42. The molecule has 4 heteroatoms. The number of furan rings is 1. The van der Waals surface area contributed by atoms with Crippen molar-refractivity contribution >= 4 is 16.8 Å². The van der Waals surface area contributed by atoms with Crippen LogP contribution in [-0.2, 0) is 0 Å². The van der Waals surface area contributed by atoms with Crippen molar-refractivity contribution in [2.24, 2.45) is 11.7 Å². The van der Waals surface area contributed by atoms with Crippen LogP contribution in [-0.4, -0.2) is 24.1 Å². The van der Waals surface area contributed by atoms with Crippen molar-refractivity contribution in [3.8, 4) is 0 Å². The van der Waals surface area contributed by atoms with E-state index in [1.54, 1.807) is 6.26 Å². The van der Waals surface area contributed by atoms with Crippen LogP contribution in [0.5, 0.6) is 0 Å². The van der Waals surface area contributed by atoms with Gasteiger partial charge in [-0.05, 0) is 37.8 Å². The number of hydrogen-bond acceptors (Lipinski definition) is 4. The lowest BCUT2D eigenvalue weighted by atomic mass is 9.91. The van der Waals surface area contributed by atoms with E-state index in [4.69, 9.17) is 10.2 Å². The number of nitrogens with zero attached hydrogens (tertiary/aromatic N) is 2. The number of rotatable bonds is 2. The van der Waals surface area contributed by atoms with Gasteiger partial charge in [0, 0.05) is 25.3 Å². The fourth-order valence-electron chi connectivity index (χ4n) is 2.77. The van der Waals surface area contributed by atoms with Crippen LogP contribution >= 0.6 is 0 Å². The molecule has 0 amide bonds. The zero-order valence-electron chi connectivity index (χ0n) is 10.7. The molecule has 0 aromatic carbocycles. The van der Waals surface area contributed by atoms with Crippen LogP contribution in [0.2, 0.25) is 0 Å². The minimum atomic E-state index is 0.296. The Balaban J connectivity index is 1.82. The van der Waals surface area contributed by atoms with Crippen molar-refractivity contribution in [2.45, 2.75) is 25.8 Å². The highest BCUT2D eigenvalue weighted by molar-refractivity contribution is 5.88. The van der Waals surface area contributed by atoms with Gasteiger partial charge < -0.3 is 15.1 Å². The topological polar surface area (TPSA) is 55.3 Å². The van der Waals surface area contributed by atoms with E-state index in [1.165, 1.54) is 0 Å². The fourth-order valence-corrected chi connectivity index (χ4v) is 2.77. The zero-order chi connectivity index (χ0) is 12.5. The molecule has 4 nitrogen and oxygen atoms in total. The van der Waals surface area contributed by atoms with Gasteiger partial charge in [0.25, 0.3) is 0 Å². The van der Waals surface area contributed by atoms with Gasteiger partial charge in [-0.15, -0.1) is 0 Å². The molecule has 1 unspecified atom stereocenters. The second-order valence-electron chi connectivity index (χ2n) is 5.15. The average molecular weight is 245 g/mol. The number of nitrogens with two attached hydrogens (primary N) is 1. The Morgan fingerprint density at radius 1 is 1.39 bits per heavy atom. The molecule has 0 radical (unpaired) electrons. The van der Waals surface area contributed by atoms with E-state index in [-0.39, 0.29) is 0 Å². The summed E-state index contributed by atoms with van der Waals surface area (Å²) in [4.78, 5) is 6.85. The molecule has 0 aliphatic carbocycles. The highest BCUT2D eigenvalue weighted by Crippen LogP contribution is 2.29. The Kier molecular flexibility index (Phi) is 2.96. The number of pyridine rings is 1.